The second kappa shape index (κ2) is 12.7. The molecule has 0 bridgehead atoms. The Morgan fingerprint density at radius 3 is 2.59 bits per heavy atom. The molecule has 0 amide bonds. The second-order valence-corrected chi connectivity index (χ2v) is 6.21. The minimum absolute atomic E-state index is 0.307. The average Bonchev–Trinajstić information content (AvgIpc) is 3.27. The molecule has 4 heteroatoms. The van der Waals surface area contributed by atoms with E-state index in [1.807, 2.05) is 0 Å². The number of ether oxygens (including phenoxy) is 1. The molecule has 0 aromatic heterocycles. The summed E-state index contributed by atoms with van der Waals surface area (Å²) in [5.74, 6) is 4.47. The lowest BCUT2D eigenvalue weighted by atomic mass is 10.1. The molecule has 1 unspecified atom stereocenters. The van der Waals surface area contributed by atoms with Crippen molar-refractivity contribution >= 4 is 5.97 Å². The molecule has 0 radical (unpaired) electrons. The van der Waals surface area contributed by atoms with Crippen molar-refractivity contribution in [2.45, 2.75) is 96.2 Å². The van der Waals surface area contributed by atoms with Gasteiger partial charge in [0, 0.05) is 6.42 Å². The fourth-order valence-corrected chi connectivity index (χ4v) is 2.70. The van der Waals surface area contributed by atoms with Crippen molar-refractivity contribution in [3.8, 4) is 0 Å². The summed E-state index contributed by atoms with van der Waals surface area (Å²) in [7, 11) is 0. The number of epoxide rings is 1. The first-order valence-corrected chi connectivity index (χ1v) is 8.98. The number of carbonyl (C=O) groups excluding carboxylic acids is 1. The lowest BCUT2D eigenvalue weighted by Crippen LogP contribution is -2.08. The molecule has 0 spiro atoms. The zero-order valence-electron chi connectivity index (χ0n) is 14.1. The maximum atomic E-state index is 10.8. The Morgan fingerprint density at radius 1 is 1.05 bits per heavy atom. The van der Waals surface area contributed by atoms with Crippen LogP contribution < -0.4 is 5.90 Å². The number of carbonyl (C=O) groups is 1. The molecular weight excluding hydrogens is 278 g/mol. The van der Waals surface area contributed by atoms with Crippen LogP contribution in [0.25, 0.3) is 0 Å². The first-order chi connectivity index (χ1) is 10.8. The van der Waals surface area contributed by atoms with E-state index in [4.69, 9.17) is 10.6 Å². The van der Waals surface area contributed by atoms with E-state index < -0.39 is 0 Å². The number of hydrogen-bond acceptors (Lipinski definition) is 4. The molecule has 2 atom stereocenters. The molecule has 1 rings (SSSR count). The van der Waals surface area contributed by atoms with Gasteiger partial charge < -0.3 is 9.57 Å². The summed E-state index contributed by atoms with van der Waals surface area (Å²) < 4.78 is 5.67. The van der Waals surface area contributed by atoms with Crippen molar-refractivity contribution in [1.29, 1.82) is 0 Å². The highest BCUT2D eigenvalue weighted by Crippen LogP contribution is 2.30. The SMILES string of the molecule is CCCCCC1O[C@@H]1C/C=C\CCCCCCCC(=O)ON. The monoisotopic (exact) mass is 311 g/mol. The third-order valence-corrected chi connectivity index (χ3v) is 4.20. The van der Waals surface area contributed by atoms with Gasteiger partial charge in [-0.05, 0) is 32.1 Å². The molecule has 4 nitrogen and oxygen atoms in total. The maximum Gasteiger partial charge on any atom is 0.324 e. The number of rotatable bonds is 14. The topological polar surface area (TPSA) is 64.8 Å². The number of nitrogens with two attached hydrogens (primary N) is 1. The largest absolute Gasteiger partial charge is 0.373 e. The van der Waals surface area contributed by atoms with Gasteiger partial charge >= 0.3 is 5.97 Å². The molecular formula is C18H33NO3. The van der Waals surface area contributed by atoms with Crippen LogP contribution in [0.4, 0.5) is 0 Å². The van der Waals surface area contributed by atoms with Crippen molar-refractivity contribution in [3.05, 3.63) is 12.2 Å². The molecule has 2 N–H and O–H groups in total. The van der Waals surface area contributed by atoms with Gasteiger partial charge in [-0.3, -0.25) is 4.79 Å². The number of unbranched alkanes of at least 4 members (excludes halogenated alkanes) is 7. The predicted octanol–water partition coefficient (Wildman–Crippen LogP) is 4.43. The smallest absolute Gasteiger partial charge is 0.324 e. The van der Waals surface area contributed by atoms with Crippen LogP contribution >= 0.6 is 0 Å². The Hall–Kier alpha value is -0.870. The number of hydrogen-bond donors (Lipinski definition) is 1. The van der Waals surface area contributed by atoms with Gasteiger partial charge in [-0.25, -0.2) is 0 Å². The van der Waals surface area contributed by atoms with Crippen molar-refractivity contribution in [2.24, 2.45) is 5.90 Å². The van der Waals surface area contributed by atoms with Gasteiger partial charge in [-0.15, -0.1) is 0 Å². The van der Waals surface area contributed by atoms with Gasteiger partial charge in [0.1, 0.15) is 0 Å². The molecule has 128 valence electrons. The van der Waals surface area contributed by atoms with Crippen molar-refractivity contribution < 1.29 is 14.4 Å². The zero-order valence-corrected chi connectivity index (χ0v) is 14.1. The summed E-state index contributed by atoms with van der Waals surface area (Å²) in [6.07, 6.45) is 19.0. The zero-order chi connectivity index (χ0) is 16.0. The van der Waals surface area contributed by atoms with E-state index in [2.05, 4.69) is 23.9 Å². The lowest BCUT2D eigenvalue weighted by molar-refractivity contribution is -0.144. The summed E-state index contributed by atoms with van der Waals surface area (Å²) in [4.78, 5) is 14.9. The average molecular weight is 311 g/mol. The van der Waals surface area contributed by atoms with Crippen LogP contribution in [0.3, 0.4) is 0 Å². The number of allylic oxidation sites excluding steroid dienone is 1. The third-order valence-electron chi connectivity index (χ3n) is 4.20. The van der Waals surface area contributed by atoms with Crippen LogP contribution in [-0.2, 0) is 14.4 Å². The van der Waals surface area contributed by atoms with E-state index in [1.165, 1.54) is 44.9 Å². The highest BCUT2D eigenvalue weighted by Gasteiger charge is 2.36. The Balaban J connectivity index is 1.80. The summed E-state index contributed by atoms with van der Waals surface area (Å²) in [5.41, 5.74) is 0. The molecule has 1 aliphatic rings. The lowest BCUT2D eigenvalue weighted by Gasteiger charge is -1.99. The highest BCUT2D eigenvalue weighted by atomic mass is 16.7. The first kappa shape index (κ1) is 19.2. The minimum atomic E-state index is -0.307. The van der Waals surface area contributed by atoms with E-state index in [9.17, 15) is 4.79 Å². The van der Waals surface area contributed by atoms with Gasteiger partial charge in [-0.1, -0.05) is 57.6 Å². The van der Waals surface area contributed by atoms with E-state index in [-0.39, 0.29) is 5.97 Å². The molecule has 1 saturated heterocycles. The van der Waals surface area contributed by atoms with Gasteiger partial charge in [0.05, 0.1) is 12.2 Å². The van der Waals surface area contributed by atoms with Gasteiger partial charge in [0.2, 0.25) is 0 Å². The van der Waals surface area contributed by atoms with Gasteiger partial charge in [0.15, 0.2) is 0 Å². The molecule has 1 fully saturated rings. The molecule has 0 aromatic rings. The van der Waals surface area contributed by atoms with Crippen LogP contribution in [0.1, 0.15) is 84.0 Å². The molecule has 0 saturated carbocycles. The Bertz CT molecular complexity index is 317. The summed E-state index contributed by atoms with van der Waals surface area (Å²) in [5, 5.41) is 0. The van der Waals surface area contributed by atoms with Gasteiger partial charge in [-0.2, -0.15) is 5.90 Å². The maximum absolute atomic E-state index is 10.8. The fourth-order valence-electron chi connectivity index (χ4n) is 2.70. The van der Waals surface area contributed by atoms with Gasteiger partial charge in [0.25, 0.3) is 0 Å². The van der Waals surface area contributed by atoms with E-state index >= 15 is 0 Å². The van der Waals surface area contributed by atoms with E-state index in [0.29, 0.717) is 18.6 Å². The van der Waals surface area contributed by atoms with E-state index in [1.54, 1.807) is 0 Å². The second-order valence-electron chi connectivity index (χ2n) is 6.21. The fraction of sp³-hybridized carbons (Fsp3) is 0.833. The Morgan fingerprint density at radius 2 is 1.82 bits per heavy atom. The van der Waals surface area contributed by atoms with Crippen molar-refractivity contribution in [1.82, 2.24) is 0 Å². The quantitative estimate of drug-likeness (QED) is 0.223. The summed E-state index contributed by atoms with van der Waals surface area (Å²) in [6.45, 7) is 2.24. The molecule has 0 aliphatic carbocycles. The predicted molar refractivity (Wildman–Crippen MR) is 89.2 cm³/mol. The Kier molecular flexibility index (Phi) is 11.0. The molecule has 22 heavy (non-hydrogen) atoms. The normalized spacial score (nSPS) is 20.5. The summed E-state index contributed by atoms with van der Waals surface area (Å²) in [6, 6.07) is 0. The standard InChI is InChI=1S/C18H33NO3/c1-2-3-10-13-16-17(21-16)14-11-8-6-4-5-7-9-12-15-18(20)22-19/h8,11,16-17H,2-7,9-10,12-15,19H2,1H3/b11-8-/t16?,17-/m1/s1. The summed E-state index contributed by atoms with van der Waals surface area (Å²) >= 11 is 0. The van der Waals surface area contributed by atoms with Crippen LogP contribution in [0.5, 0.6) is 0 Å². The molecule has 1 heterocycles. The van der Waals surface area contributed by atoms with Crippen LogP contribution in [0.15, 0.2) is 12.2 Å². The van der Waals surface area contributed by atoms with Crippen molar-refractivity contribution in [3.63, 3.8) is 0 Å². The molecule has 0 aromatic carbocycles. The van der Waals surface area contributed by atoms with Crippen LogP contribution in [0, 0.1) is 0 Å². The first-order valence-electron chi connectivity index (χ1n) is 8.98. The van der Waals surface area contributed by atoms with Crippen molar-refractivity contribution in [2.75, 3.05) is 0 Å². The van der Waals surface area contributed by atoms with Crippen LogP contribution in [-0.4, -0.2) is 18.2 Å². The third kappa shape index (κ3) is 9.96. The van der Waals surface area contributed by atoms with E-state index in [0.717, 1.165) is 25.7 Å². The Labute approximate surface area is 135 Å². The van der Waals surface area contributed by atoms with Crippen LogP contribution in [0.2, 0.25) is 0 Å². The minimum Gasteiger partial charge on any atom is -0.373 e. The molecule has 1 aliphatic heterocycles. The highest BCUT2D eigenvalue weighted by molar-refractivity contribution is 5.68.